The van der Waals surface area contributed by atoms with E-state index < -0.39 is 5.82 Å². The summed E-state index contributed by atoms with van der Waals surface area (Å²) in [5, 5.41) is 3.24. The van der Waals surface area contributed by atoms with Crippen molar-refractivity contribution >= 4 is 23.1 Å². The van der Waals surface area contributed by atoms with Crippen LogP contribution in [-0.2, 0) is 0 Å². The predicted octanol–water partition coefficient (Wildman–Crippen LogP) is 2.97. The highest BCUT2D eigenvalue weighted by Gasteiger charge is 2.10. The highest BCUT2D eigenvalue weighted by Crippen LogP contribution is 2.28. The normalized spacial score (nSPS) is 12.2. The van der Waals surface area contributed by atoms with E-state index in [1.165, 1.54) is 6.07 Å². The smallest absolute Gasteiger partial charge is 0.167 e. The van der Waals surface area contributed by atoms with Gasteiger partial charge in [0.2, 0.25) is 0 Å². The zero-order valence-electron chi connectivity index (χ0n) is 10.4. The van der Waals surface area contributed by atoms with Gasteiger partial charge in [-0.1, -0.05) is 0 Å². The number of rotatable bonds is 6. The van der Waals surface area contributed by atoms with Gasteiger partial charge in [-0.05, 0) is 20.1 Å². The predicted molar refractivity (Wildman–Crippen MR) is 73.4 cm³/mol. The van der Waals surface area contributed by atoms with Crippen molar-refractivity contribution in [1.82, 2.24) is 0 Å². The first-order chi connectivity index (χ1) is 8.08. The lowest BCUT2D eigenvalue weighted by Gasteiger charge is -2.17. The molecule has 0 saturated heterocycles. The van der Waals surface area contributed by atoms with E-state index in [2.05, 4.69) is 12.2 Å². The van der Waals surface area contributed by atoms with Crippen molar-refractivity contribution < 1.29 is 9.13 Å². The second-order valence-corrected chi connectivity index (χ2v) is 4.71. The van der Waals surface area contributed by atoms with Crippen molar-refractivity contribution in [3.63, 3.8) is 0 Å². The standard InChI is InChI=1S/C12H19FN2OS/c1-4-16-12-6-11(10(14)5-9(12)13)15-8(2)7-17-3/h5-6,8,15H,4,7,14H2,1-3H3. The number of ether oxygens (including phenoxy) is 1. The van der Waals surface area contributed by atoms with Crippen molar-refractivity contribution in [3.05, 3.63) is 17.9 Å². The van der Waals surface area contributed by atoms with Crippen LogP contribution in [0.2, 0.25) is 0 Å². The fraction of sp³-hybridized carbons (Fsp3) is 0.500. The Labute approximate surface area is 106 Å². The minimum Gasteiger partial charge on any atom is -0.491 e. The number of nitrogens with one attached hydrogen (secondary N) is 1. The molecule has 1 rings (SSSR count). The van der Waals surface area contributed by atoms with Crippen LogP contribution in [0.5, 0.6) is 5.75 Å². The lowest BCUT2D eigenvalue weighted by Crippen LogP contribution is -2.18. The molecule has 0 bridgehead atoms. The zero-order valence-corrected chi connectivity index (χ0v) is 11.2. The Bertz CT molecular complexity index is 374. The molecule has 3 N–H and O–H groups in total. The van der Waals surface area contributed by atoms with E-state index in [-0.39, 0.29) is 11.8 Å². The lowest BCUT2D eigenvalue weighted by atomic mass is 10.2. The van der Waals surface area contributed by atoms with Gasteiger partial charge in [-0.3, -0.25) is 0 Å². The van der Waals surface area contributed by atoms with Crippen molar-refractivity contribution in [3.8, 4) is 5.75 Å². The van der Waals surface area contributed by atoms with Crippen LogP contribution in [0.4, 0.5) is 15.8 Å². The van der Waals surface area contributed by atoms with Gasteiger partial charge < -0.3 is 15.8 Å². The number of nitrogens with two attached hydrogens (primary N) is 1. The summed E-state index contributed by atoms with van der Waals surface area (Å²) in [6.45, 7) is 4.31. The number of hydrogen-bond donors (Lipinski definition) is 2. The molecular weight excluding hydrogens is 239 g/mol. The monoisotopic (exact) mass is 258 g/mol. The Balaban J connectivity index is 2.87. The van der Waals surface area contributed by atoms with Crippen molar-refractivity contribution in [1.29, 1.82) is 0 Å². The molecule has 0 spiro atoms. The molecule has 0 aliphatic rings. The number of anilines is 2. The van der Waals surface area contributed by atoms with E-state index in [0.29, 0.717) is 12.3 Å². The molecule has 0 aromatic heterocycles. The van der Waals surface area contributed by atoms with E-state index in [0.717, 1.165) is 11.4 Å². The topological polar surface area (TPSA) is 47.3 Å². The number of nitrogen functional groups attached to an aromatic ring is 1. The van der Waals surface area contributed by atoms with Gasteiger partial charge in [0.1, 0.15) is 0 Å². The first-order valence-electron chi connectivity index (χ1n) is 5.55. The molecule has 1 atom stereocenters. The maximum absolute atomic E-state index is 13.5. The fourth-order valence-electron chi connectivity index (χ4n) is 1.52. The molecule has 0 heterocycles. The third kappa shape index (κ3) is 4.00. The molecule has 0 radical (unpaired) electrons. The number of halogens is 1. The summed E-state index contributed by atoms with van der Waals surface area (Å²) in [6.07, 6.45) is 2.04. The van der Waals surface area contributed by atoms with Crippen LogP contribution in [0, 0.1) is 5.82 Å². The summed E-state index contributed by atoms with van der Waals surface area (Å²) < 4.78 is 18.7. The maximum Gasteiger partial charge on any atom is 0.167 e. The Morgan fingerprint density at radius 3 is 2.82 bits per heavy atom. The third-order valence-electron chi connectivity index (χ3n) is 2.22. The van der Waals surface area contributed by atoms with Crippen LogP contribution in [0.15, 0.2) is 12.1 Å². The molecule has 0 amide bonds. The van der Waals surface area contributed by atoms with Crippen molar-refractivity contribution in [2.45, 2.75) is 19.9 Å². The van der Waals surface area contributed by atoms with E-state index in [1.807, 2.05) is 13.2 Å². The van der Waals surface area contributed by atoms with Crippen LogP contribution >= 0.6 is 11.8 Å². The van der Waals surface area contributed by atoms with Crippen LogP contribution in [0.1, 0.15) is 13.8 Å². The highest BCUT2D eigenvalue weighted by molar-refractivity contribution is 7.98. The summed E-state index contributed by atoms with van der Waals surface area (Å²) >= 11 is 1.74. The Hall–Kier alpha value is -1.10. The molecule has 0 aliphatic carbocycles. The molecule has 3 nitrogen and oxygen atoms in total. The van der Waals surface area contributed by atoms with Gasteiger partial charge in [-0.25, -0.2) is 4.39 Å². The van der Waals surface area contributed by atoms with Crippen LogP contribution < -0.4 is 15.8 Å². The van der Waals surface area contributed by atoms with Gasteiger partial charge in [-0.2, -0.15) is 11.8 Å². The van der Waals surface area contributed by atoms with Crippen LogP contribution in [0.3, 0.4) is 0 Å². The van der Waals surface area contributed by atoms with E-state index in [4.69, 9.17) is 10.5 Å². The maximum atomic E-state index is 13.5. The van der Waals surface area contributed by atoms with E-state index in [9.17, 15) is 4.39 Å². The zero-order chi connectivity index (χ0) is 12.8. The van der Waals surface area contributed by atoms with Gasteiger partial charge in [0.05, 0.1) is 18.0 Å². The third-order valence-corrected chi connectivity index (χ3v) is 3.06. The van der Waals surface area contributed by atoms with E-state index >= 15 is 0 Å². The Morgan fingerprint density at radius 2 is 2.24 bits per heavy atom. The molecule has 0 fully saturated rings. The quantitative estimate of drug-likeness (QED) is 0.770. The largest absolute Gasteiger partial charge is 0.491 e. The average Bonchev–Trinajstić information content (AvgIpc) is 2.25. The summed E-state index contributed by atoms with van der Waals surface area (Å²) in [5.41, 5.74) is 6.89. The van der Waals surface area contributed by atoms with Crippen molar-refractivity contribution in [2.24, 2.45) is 0 Å². The van der Waals surface area contributed by atoms with E-state index in [1.54, 1.807) is 17.8 Å². The van der Waals surface area contributed by atoms with Crippen LogP contribution in [-0.4, -0.2) is 24.7 Å². The molecule has 0 saturated carbocycles. The summed E-state index contributed by atoms with van der Waals surface area (Å²) in [4.78, 5) is 0. The first-order valence-corrected chi connectivity index (χ1v) is 6.95. The summed E-state index contributed by atoms with van der Waals surface area (Å²) in [6, 6.07) is 3.18. The second-order valence-electron chi connectivity index (χ2n) is 3.80. The summed E-state index contributed by atoms with van der Waals surface area (Å²) in [7, 11) is 0. The van der Waals surface area contributed by atoms with Gasteiger partial charge in [-0.15, -0.1) is 0 Å². The molecule has 1 aromatic rings. The minimum atomic E-state index is -0.424. The molecule has 1 aromatic carbocycles. The fourth-order valence-corrected chi connectivity index (χ4v) is 2.10. The lowest BCUT2D eigenvalue weighted by molar-refractivity contribution is 0.322. The highest BCUT2D eigenvalue weighted by atomic mass is 32.2. The molecule has 17 heavy (non-hydrogen) atoms. The second kappa shape index (κ2) is 6.59. The van der Waals surface area contributed by atoms with Gasteiger partial charge >= 0.3 is 0 Å². The molecule has 1 unspecified atom stereocenters. The van der Waals surface area contributed by atoms with Gasteiger partial charge in [0.15, 0.2) is 11.6 Å². The van der Waals surface area contributed by atoms with Gasteiger partial charge in [0, 0.05) is 23.9 Å². The number of benzene rings is 1. The minimum absolute atomic E-state index is 0.237. The Morgan fingerprint density at radius 1 is 1.53 bits per heavy atom. The van der Waals surface area contributed by atoms with Crippen molar-refractivity contribution in [2.75, 3.05) is 29.7 Å². The summed E-state index contributed by atoms with van der Waals surface area (Å²) in [5.74, 6) is 0.772. The van der Waals surface area contributed by atoms with Gasteiger partial charge in [0.25, 0.3) is 0 Å². The molecule has 5 heteroatoms. The molecular formula is C12H19FN2OS. The number of thioether (sulfide) groups is 1. The SMILES string of the molecule is CCOc1cc(NC(C)CSC)c(N)cc1F. The van der Waals surface area contributed by atoms with Crippen LogP contribution in [0.25, 0.3) is 0 Å². The Kier molecular flexibility index (Phi) is 5.41. The molecule has 96 valence electrons. The average molecular weight is 258 g/mol. The number of hydrogen-bond acceptors (Lipinski definition) is 4. The molecule has 0 aliphatic heterocycles. The first kappa shape index (κ1) is 14.0.